The third kappa shape index (κ3) is 4.78. The van der Waals surface area contributed by atoms with E-state index in [0.717, 1.165) is 64.2 Å². The van der Waals surface area contributed by atoms with Gasteiger partial charge in [-0.1, -0.05) is 0 Å². The van der Waals surface area contributed by atoms with Crippen LogP contribution < -0.4 is 4.90 Å². The molecule has 1 atom stereocenters. The molecular weight excluding hydrogens is 364 g/mol. The van der Waals surface area contributed by atoms with Crippen LogP contribution >= 0.6 is 0 Å². The zero-order chi connectivity index (χ0) is 20.2. The molecule has 2 aliphatic rings. The number of nitrogens with zero attached hydrogens (tertiary/aromatic N) is 6. The molecule has 0 aromatic carbocycles. The number of carbonyl (C=O) groups is 1. The lowest BCUT2D eigenvalue weighted by molar-refractivity contribution is 0.0684. The first-order chi connectivity index (χ1) is 14.1. The monoisotopic (exact) mass is 396 g/mol. The Morgan fingerprint density at radius 3 is 2.62 bits per heavy atom. The lowest BCUT2D eigenvalue weighted by Crippen LogP contribution is -2.38. The van der Waals surface area contributed by atoms with Gasteiger partial charge in [0.05, 0.1) is 5.56 Å². The minimum atomic E-state index is 0.113. The molecule has 2 fully saturated rings. The van der Waals surface area contributed by atoms with Gasteiger partial charge in [-0.15, -0.1) is 0 Å². The number of pyridine rings is 1. The number of aromatic nitrogens is 3. The molecule has 2 saturated heterocycles. The number of carbonyl (C=O) groups excluding carboxylic acids is 1. The summed E-state index contributed by atoms with van der Waals surface area (Å²) in [4.78, 5) is 24.0. The maximum Gasteiger partial charge on any atom is 0.255 e. The van der Waals surface area contributed by atoms with E-state index in [0.29, 0.717) is 17.5 Å². The van der Waals surface area contributed by atoms with Crippen LogP contribution in [-0.2, 0) is 6.54 Å². The van der Waals surface area contributed by atoms with E-state index in [1.165, 1.54) is 0 Å². The maximum atomic E-state index is 12.9. The fourth-order valence-electron chi connectivity index (χ4n) is 4.43. The Balaban J connectivity index is 1.27. The SMILES string of the molecule is CN(C)[C@@H]1CCN(c2ccc(C(=O)N3CCC(CCn4cccn4)CC3)cn2)C1. The number of hydrogen-bond donors (Lipinski definition) is 0. The van der Waals surface area contributed by atoms with E-state index in [2.05, 4.69) is 34.0 Å². The average Bonchev–Trinajstić information content (AvgIpc) is 3.44. The van der Waals surface area contributed by atoms with Crippen LogP contribution in [0.1, 0.15) is 36.0 Å². The van der Waals surface area contributed by atoms with Gasteiger partial charge in [0.25, 0.3) is 5.91 Å². The van der Waals surface area contributed by atoms with Gasteiger partial charge in [-0.25, -0.2) is 4.98 Å². The van der Waals surface area contributed by atoms with E-state index in [4.69, 9.17) is 0 Å². The Labute approximate surface area is 173 Å². The molecule has 0 unspecified atom stereocenters. The molecule has 0 radical (unpaired) electrons. The van der Waals surface area contributed by atoms with Gasteiger partial charge in [-0.2, -0.15) is 5.10 Å². The second-order valence-corrected chi connectivity index (χ2v) is 8.55. The van der Waals surface area contributed by atoms with Gasteiger partial charge in [-0.3, -0.25) is 9.48 Å². The molecule has 7 nitrogen and oxygen atoms in total. The normalized spacial score (nSPS) is 20.6. The number of likely N-dealkylation sites (N-methyl/N-ethyl adjacent to an activating group) is 1. The van der Waals surface area contributed by atoms with Gasteiger partial charge in [0.15, 0.2) is 0 Å². The van der Waals surface area contributed by atoms with Crippen LogP contribution in [0.5, 0.6) is 0 Å². The molecule has 156 valence electrons. The highest BCUT2D eigenvalue weighted by atomic mass is 16.2. The van der Waals surface area contributed by atoms with Crippen molar-refractivity contribution in [1.29, 1.82) is 0 Å². The summed E-state index contributed by atoms with van der Waals surface area (Å²) in [6.07, 6.45) is 10.0. The molecular formula is C22H32N6O. The van der Waals surface area contributed by atoms with Gasteiger partial charge >= 0.3 is 0 Å². The number of likely N-dealkylation sites (tertiary alicyclic amines) is 1. The molecule has 0 N–H and O–H groups in total. The first kappa shape index (κ1) is 19.9. The van der Waals surface area contributed by atoms with Crippen molar-refractivity contribution in [3.8, 4) is 0 Å². The topological polar surface area (TPSA) is 57.5 Å². The van der Waals surface area contributed by atoms with Crippen molar-refractivity contribution in [2.45, 2.75) is 38.3 Å². The first-order valence-corrected chi connectivity index (χ1v) is 10.7. The third-order valence-corrected chi connectivity index (χ3v) is 6.44. The minimum Gasteiger partial charge on any atom is -0.355 e. The fourth-order valence-corrected chi connectivity index (χ4v) is 4.43. The zero-order valence-corrected chi connectivity index (χ0v) is 17.6. The van der Waals surface area contributed by atoms with Crippen molar-refractivity contribution in [3.63, 3.8) is 0 Å². The molecule has 2 aromatic rings. The van der Waals surface area contributed by atoms with E-state index in [9.17, 15) is 4.79 Å². The first-order valence-electron chi connectivity index (χ1n) is 10.7. The van der Waals surface area contributed by atoms with E-state index >= 15 is 0 Å². The summed E-state index contributed by atoms with van der Waals surface area (Å²) in [6, 6.07) is 6.48. The largest absolute Gasteiger partial charge is 0.355 e. The van der Waals surface area contributed by atoms with Crippen molar-refractivity contribution in [3.05, 3.63) is 42.4 Å². The minimum absolute atomic E-state index is 0.113. The van der Waals surface area contributed by atoms with E-state index in [1.807, 2.05) is 40.2 Å². The fraction of sp³-hybridized carbons (Fsp3) is 0.591. The summed E-state index contributed by atoms with van der Waals surface area (Å²) in [6.45, 7) is 4.65. The zero-order valence-electron chi connectivity index (χ0n) is 17.6. The lowest BCUT2D eigenvalue weighted by atomic mass is 9.93. The quantitative estimate of drug-likeness (QED) is 0.750. The van der Waals surface area contributed by atoms with Crippen LogP contribution in [0.25, 0.3) is 0 Å². The Kier molecular flexibility index (Phi) is 6.13. The van der Waals surface area contributed by atoms with Gasteiger partial charge in [0.1, 0.15) is 5.82 Å². The highest BCUT2D eigenvalue weighted by molar-refractivity contribution is 5.94. The van der Waals surface area contributed by atoms with Gasteiger partial charge in [-0.05, 0) is 63.9 Å². The summed E-state index contributed by atoms with van der Waals surface area (Å²) >= 11 is 0. The van der Waals surface area contributed by atoms with E-state index in [-0.39, 0.29) is 5.91 Å². The molecule has 4 rings (SSSR count). The molecule has 1 amide bonds. The van der Waals surface area contributed by atoms with Crippen molar-refractivity contribution in [2.24, 2.45) is 5.92 Å². The molecule has 0 saturated carbocycles. The van der Waals surface area contributed by atoms with Gasteiger partial charge < -0.3 is 14.7 Å². The molecule has 4 heterocycles. The summed E-state index contributed by atoms with van der Waals surface area (Å²) in [5, 5.41) is 4.27. The number of anilines is 1. The van der Waals surface area contributed by atoms with Crippen LogP contribution in [0.3, 0.4) is 0 Å². The van der Waals surface area contributed by atoms with Gasteiger partial charge in [0, 0.05) is 57.4 Å². The third-order valence-electron chi connectivity index (χ3n) is 6.44. The van der Waals surface area contributed by atoms with Crippen LogP contribution in [0, 0.1) is 5.92 Å². The molecule has 0 bridgehead atoms. The van der Waals surface area contributed by atoms with Crippen molar-refractivity contribution >= 4 is 11.7 Å². The van der Waals surface area contributed by atoms with Crippen molar-refractivity contribution < 1.29 is 4.79 Å². The lowest BCUT2D eigenvalue weighted by Gasteiger charge is -2.32. The Bertz CT molecular complexity index is 780. The van der Waals surface area contributed by atoms with Crippen LogP contribution in [0.4, 0.5) is 5.82 Å². The summed E-state index contributed by atoms with van der Waals surface area (Å²) < 4.78 is 1.99. The van der Waals surface area contributed by atoms with Crippen LogP contribution in [0.2, 0.25) is 0 Å². The molecule has 2 aromatic heterocycles. The predicted molar refractivity (Wildman–Crippen MR) is 114 cm³/mol. The maximum absolute atomic E-state index is 12.9. The average molecular weight is 397 g/mol. The highest BCUT2D eigenvalue weighted by Gasteiger charge is 2.26. The molecule has 2 aliphatic heterocycles. The van der Waals surface area contributed by atoms with Gasteiger partial charge in [0.2, 0.25) is 0 Å². The summed E-state index contributed by atoms with van der Waals surface area (Å²) in [5.41, 5.74) is 0.701. The highest BCUT2D eigenvalue weighted by Crippen LogP contribution is 2.24. The smallest absolute Gasteiger partial charge is 0.255 e. The summed E-state index contributed by atoms with van der Waals surface area (Å²) in [5.74, 6) is 1.76. The van der Waals surface area contributed by atoms with E-state index in [1.54, 1.807) is 6.20 Å². The molecule has 7 heteroatoms. The second-order valence-electron chi connectivity index (χ2n) is 8.55. The predicted octanol–water partition coefficient (Wildman–Crippen LogP) is 2.36. The number of rotatable bonds is 6. The number of aryl methyl sites for hydroxylation is 1. The Hall–Kier alpha value is -2.41. The standard InChI is InChI=1S/C22H32N6O/c1-25(2)20-9-14-27(17-20)21-5-4-19(16-23-21)22(29)26-12-6-18(7-13-26)8-15-28-11-3-10-24-28/h3-5,10-11,16,18,20H,6-9,12-15,17H2,1-2H3/t20-/m1/s1. The molecule has 29 heavy (non-hydrogen) atoms. The Morgan fingerprint density at radius 1 is 1.17 bits per heavy atom. The van der Waals surface area contributed by atoms with Crippen molar-refractivity contribution in [1.82, 2.24) is 24.6 Å². The van der Waals surface area contributed by atoms with Crippen LogP contribution in [-0.4, -0.2) is 76.8 Å². The Morgan fingerprint density at radius 2 is 2.00 bits per heavy atom. The molecule has 0 spiro atoms. The number of amides is 1. The molecule has 0 aliphatic carbocycles. The van der Waals surface area contributed by atoms with Crippen LogP contribution in [0.15, 0.2) is 36.8 Å². The second kappa shape index (κ2) is 8.95. The number of piperidine rings is 1. The van der Waals surface area contributed by atoms with Crippen molar-refractivity contribution in [2.75, 3.05) is 45.2 Å². The number of hydrogen-bond acceptors (Lipinski definition) is 5. The summed E-state index contributed by atoms with van der Waals surface area (Å²) in [7, 11) is 4.26. The van der Waals surface area contributed by atoms with E-state index < -0.39 is 0 Å².